The van der Waals surface area contributed by atoms with Gasteiger partial charge >= 0.3 is 0 Å². The molecule has 0 rings (SSSR count). The first-order valence-electron chi connectivity index (χ1n) is 3.15. The molecule has 0 bridgehead atoms. The second-order valence-electron chi connectivity index (χ2n) is 2.04. The van der Waals surface area contributed by atoms with Crippen LogP contribution in [-0.4, -0.2) is 34.1 Å². The number of aliphatic hydroxyl groups excluding tert-OH is 3. The lowest BCUT2D eigenvalue weighted by atomic mass is 10.1. The van der Waals surface area contributed by atoms with Crippen molar-refractivity contribution < 1.29 is 15.3 Å². The van der Waals surface area contributed by atoms with Crippen LogP contribution in [0.1, 0.15) is 12.8 Å². The number of terminal acetylenes is 1. The highest BCUT2D eigenvalue weighted by Gasteiger charge is 2.11. The summed E-state index contributed by atoms with van der Waals surface area (Å²) in [4.78, 5) is 0. The molecular weight excluding hydrogens is 132 g/mol. The van der Waals surface area contributed by atoms with Crippen molar-refractivity contribution in [2.45, 2.75) is 25.0 Å². The first-order chi connectivity index (χ1) is 4.72. The summed E-state index contributed by atoms with van der Waals surface area (Å²) < 4.78 is 0. The molecular formula is C7H12O3. The lowest BCUT2D eigenvalue weighted by Gasteiger charge is -2.10. The second-order valence-corrected chi connectivity index (χ2v) is 2.04. The van der Waals surface area contributed by atoms with Gasteiger partial charge in [-0.05, 0) is 12.8 Å². The van der Waals surface area contributed by atoms with Gasteiger partial charge in [0.2, 0.25) is 0 Å². The van der Waals surface area contributed by atoms with Crippen LogP contribution in [0.2, 0.25) is 0 Å². The Labute approximate surface area is 60.3 Å². The highest BCUT2D eigenvalue weighted by Crippen LogP contribution is 2.00. The van der Waals surface area contributed by atoms with Crippen LogP contribution >= 0.6 is 0 Å². The molecule has 0 amide bonds. The summed E-state index contributed by atoms with van der Waals surface area (Å²) >= 11 is 0. The summed E-state index contributed by atoms with van der Waals surface area (Å²) in [7, 11) is 0. The summed E-state index contributed by atoms with van der Waals surface area (Å²) in [5, 5.41) is 26.1. The maximum absolute atomic E-state index is 8.95. The Hall–Kier alpha value is -0.560. The lowest BCUT2D eigenvalue weighted by Crippen LogP contribution is -2.24. The minimum Gasteiger partial charge on any atom is -0.396 e. The molecule has 0 aliphatic heterocycles. The number of hydrogen-bond acceptors (Lipinski definition) is 3. The maximum atomic E-state index is 8.95. The van der Waals surface area contributed by atoms with E-state index in [2.05, 4.69) is 0 Å². The normalized spacial score (nSPS) is 15.8. The van der Waals surface area contributed by atoms with E-state index >= 15 is 0 Å². The van der Waals surface area contributed by atoms with Gasteiger partial charge in [0.15, 0.2) is 0 Å². The smallest absolute Gasteiger partial charge is 0.140 e. The summed E-state index contributed by atoms with van der Waals surface area (Å²) in [5.74, 6) is 2.00. The molecule has 0 heterocycles. The topological polar surface area (TPSA) is 60.7 Å². The van der Waals surface area contributed by atoms with E-state index in [1.165, 1.54) is 0 Å². The van der Waals surface area contributed by atoms with Gasteiger partial charge in [-0.15, -0.1) is 6.42 Å². The van der Waals surface area contributed by atoms with Crippen LogP contribution in [0.25, 0.3) is 0 Å². The number of aliphatic hydroxyl groups is 3. The van der Waals surface area contributed by atoms with Crippen molar-refractivity contribution in [3.63, 3.8) is 0 Å². The second kappa shape index (κ2) is 5.24. The Morgan fingerprint density at radius 3 is 2.40 bits per heavy atom. The molecule has 0 radical (unpaired) electrons. The van der Waals surface area contributed by atoms with Crippen LogP contribution in [0.5, 0.6) is 0 Å². The molecule has 0 saturated heterocycles. The van der Waals surface area contributed by atoms with Gasteiger partial charge in [-0.3, -0.25) is 0 Å². The molecule has 0 aromatic rings. The van der Waals surface area contributed by atoms with Crippen LogP contribution in [0.3, 0.4) is 0 Å². The molecule has 2 atom stereocenters. The average molecular weight is 144 g/mol. The van der Waals surface area contributed by atoms with E-state index in [0.29, 0.717) is 12.8 Å². The summed E-state index contributed by atoms with van der Waals surface area (Å²) in [5.41, 5.74) is 0. The molecule has 0 aliphatic carbocycles. The van der Waals surface area contributed by atoms with Crippen LogP contribution < -0.4 is 0 Å². The molecule has 0 fully saturated rings. The zero-order valence-electron chi connectivity index (χ0n) is 5.70. The largest absolute Gasteiger partial charge is 0.396 e. The fourth-order valence-corrected chi connectivity index (χ4v) is 0.569. The van der Waals surface area contributed by atoms with E-state index in [-0.39, 0.29) is 6.61 Å². The first kappa shape index (κ1) is 9.44. The van der Waals surface area contributed by atoms with Crippen molar-refractivity contribution in [2.24, 2.45) is 0 Å². The lowest BCUT2D eigenvalue weighted by molar-refractivity contribution is 0.0441. The van der Waals surface area contributed by atoms with Crippen molar-refractivity contribution in [2.75, 3.05) is 6.61 Å². The molecule has 3 N–H and O–H groups in total. The Morgan fingerprint density at radius 1 is 1.40 bits per heavy atom. The van der Waals surface area contributed by atoms with Crippen molar-refractivity contribution in [3.05, 3.63) is 0 Å². The minimum atomic E-state index is -1.11. The highest BCUT2D eigenvalue weighted by atomic mass is 16.3. The quantitative estimate of drug-likeness (QED) is 0.449. The van der Waals surface area contributed by atoms with Gasteiger partial charge in [0.05, 0.1) is 6.10 Å². The standard InChI is InChI=1S/C7H12O3/c1-2-6(9)7(10)4-3-5-8/h1,6-10H,3-5H2. The fraction of sp³-hybridized carbons (Fsp3) is 0.714. The SMILES string of the molecule is C#CC(O)C(O)CCCO. The van der Waals surface area contributed by atoms with Gasteiger partial charge in [-0.25, -0.2) is 0 Å². The van der Waals surface area contributed by atoms with Crippen molar-refractivity contribution in [3.8, 4) is 12.3 Å². The third-order valence-electron chi connectivity index (χ3n) is 1.19. The van der Waals surface area contributed by atoms with Crippen molar-refractivity contribution in [1.29, 1.82) is 0 Å². The molecule has 0 saturated carbocycles. The molecule has 58 valence electrons. The summed E-state index contributed by atoms with van der Waals surface area (Å²) in [6.45, 7) is 0.00829. The third kappa shape index (κ3) is 3.46. The van der Waals surface area contributed by atoms with Crippen molar-refractivity contribution in [1.82, 2.24) is 0 Å². The van der Waals surface area contributed by atoms with E-state index in [4.69, 9.17) is 21.7 Å². The Balaban J connectivity index is 3.43. The molecule has 2 unspecified atom stereocenters. The Kier molecular flexibility index (Phi) is 4.95. The van der Waals surface area contributed by atoms with Gasteiger partial charge in [-0.1, -0.05) is 5.92 Å². The van der Waals surface area contributed by atoms with Gasteiger partial charge in [-0.2, -0.15) is 0 Å². The molecule has 3 heteroatoms. The molecule has 0 aromatic carbocycles. The third-order valence-corrected chi connectivity index (χ3v) is 1.19. The Bertz CT molecular complexity index is 117. The zero-order chi connectivity index (χ0) is 7.98. The first-order valence-corrected chi connectivity index (χ1v) is 3.15. The minimum absolute atomic E-state index is 0.00829. The predicted octanol–water partition coefficient (Wildman–Crippen LogP) is -0.886. The van der Waals surface area contributed by atoms with E-state index in [0.717, 1.165) is 0 Å². The van der Waals surface area contributed by atoms with Crippen LogP contribution in [-0.2, 0) is 0 Å². The van der Waals surface area contributed by atoms with E-state index in [9.17, 15) is 0 Å². The van der Waals surface area contributed by atoms with Crippen LogP contribution in [0.4, 0.5) is 0 Å². The number of rotatable bonds is 4. The van der Waals surface area contributed by atoms with E-state index in [1.807, 2.05) is 5.92 Å². The fourth-order valence-electron chi connectivity index (χ4n) is 0.569. The van der Waals surface area contributed by atoms with Gasteiger partial charge < -0.3 is 15.3 Å². The van der Waals surface area contributed by atoms with Gasteiger partial charge in [0, 0.05) is 6.61 Å². The van der Waals surface area contributed by atoms with E-state index in [1.54, 1.807) is 0 Å². The Morgan fingerprint density at radius 2 is 2.00 bits per heavy atom. The van der Waals surface area contributed by atoms with Crippen LogP contribution in [0, 0.1) is 12.3 Å². The predicted molar refractivity (Wildman–Crippen MR) is 37.2 cm³/mol. The monoisotopic (exact) mass is 144 g/mol. The zero-order valence-corrected chi connectivity index (χ0v) is 5.70. The summed E-state index contributed by atoms with van der Waals surface area (Å²) in [6.07, 6.45) is 3.61. The molecule has 0 spiro atoms. The van der Waals surface area contributed by atoms with Crippen LogP contribution in [0.15, 0.2) is 0 Å². The molecule has 0 aliphatic rings. The van der Waals surface area contributed by atoms with Crippen molar-refractivity contribution >= 4 is 0 Å². The molecule has 3 nitrogen and oxygen atoms in total. The molecule has 0 aromatic heterocycles. The van der Waals surface area contributed by atoms with Gasteiger partial charge in [0.25, 0.3) is 0 Å². The average Bonchev–Trinajstić information content (AvgIpc) is 1.98. The van der Waals surface area contributed by atoms with Gasteiger partial charge in [0.1, 0.15) is 6.10 Å². The maximum Gasteiger partial charge on any atom is 0.140 e. The summed E-state index contributed by atoms with van der Waals surface area (Å²) in [6, 6.07) is 0. The number of hydrogen-bond donors (Lipinski definition) is 3. The van der Waals surface area contributed by atoms with E-state index < -0.39 is 12.2 Å². The molecule has 10 heavy (non-hydrogen) atoms. The highest BCUT2D eigenvalue weighted by molar-refractivity contribution is 4.96.